The molecule has 1 aliphatic rings. The first kappa shape index (κ1) is 15.9. The van der Waals surface area contributed by atoms with Crippen LogP contribution in [-0.2, 0) is 10.0 Å². The molecule has 3 atom stereocenters. The van der Waals surface area contributed by atoms with Gasteiger partial charge in [0.15, 0.2) is 0 Å². The van der Waals surface area contributed by atoms with E-state index >= 15 is 0 Å². The smallest absolute Gasteiger partial charge is 0.211 e. The topological polar surface area (TPSA) is 58.2 Å². The van der Waals surface area contributed by atoms with Crippen LogP contribution in [0.25, 0.3) is 0 Å². The van der Waals surface area contributed by atoms with E-state index in [9.17, 15) is 8.42 Å². The molecule has 5 heteroatoms. The van der Waals surface area contributed by atoms with Gasteiger partial charge in [0, 0.05) is 6.04 Å². The molecule has 1 rings (SSSR count). The van der Waals surface area contributed by atoms with Crippen LogP contribution in [0.3, 0.4) is 0 Å². The van der Waals surface area contributed by atoms with E-state index in [2.05, 4.69) is 23.9 Å². The molecule has 0 bridgehead atoms. The quantitative estimate of drug-likeness (QED) is 0.696. The van der Waals surface area contributed by atoms with Crippen LogP contribution in [0.4, 0.5) is 0 Å². The summed E-state index contributed by atoms with van der Waals surface area (Å²) in [6.07, 6.45) is 4.75. The van der Waals surface area contributed by atoms with Gasteiger partial charge in [0.25, 0.3) is 0 Å². The van der Waals surface area contributed by atoms with Crippen LogP contribution in [-0.4, -0.2) is 33.8 Å². The SMILES string of the molecule is CNCCCCS(=O)(=O)NC1CCC(C)C(C)C1. The molecule has 18 heavy (non-hydrogen) atoms. The maximum absolute atomic E-state index is 11.9. The fraction of sp³-hybridized carbons (Fsp3) is 1.00. The zero-order valence-electron chi connectivity index (χ0n) is 11.9. The molecule has 1 saturated carbocycles. The molecule has 1 aliphatic carbocycles. The van der Waals surface area contributed by atoms with E-state index in [1.807, 2.05) is 7.05 Å². The van der Waals surface area contributed by atoms with Crippen molar-refractivity contribution in [2.75, 3.05) is 19.3 Å². The Labute approximate surface area is 112 Å². The highest BCUT2D eigenvalue weighted by Gasteiger charge is 2.27. The first-order valence-corrected chi connectivity index (χ1v) is 8.74. The fourth-order valence-corrected chi connectivity index (χ4v) is 3.99. The van der Waals surface area contributed by atoms with Crippen LogP contribution in [0.1, 0.15) is 46.0 Å². The molecular weight excluding hydrogens is 248 g/mol. The van der Waals surface area contributed by atoms with Gasteiger partial charge in [-0.15, -0.1) is 0 Å². The molecule has 0 saturated heterocycles. The Morgan fingerprint density at radius 2 is 1.83 bits per heavy atom. The highest BCUT2D eigenvalue weighted by molar-refractivity contribution is 7.89. The lowest BCUT2D eigenvalue weighted by atomic mass is 9.79. The van der Waals surface area contributed by atoms with Crippen molar-refractivity contribution in [2.24, 2.45) is 11.8 Å². The van der Waals surface area contributed by atoms with Crippen LogP contribution in [0.5, 0.6) is 0 Å². The third-order valence-electron chi connectivity index (χ3n) is 4.03. The van der Waals surface area contributed by atoms with Crippen molar-refractivity contribution >= 4 is 10.0 Å². The highest BCUT2D eigenvalue weighted by Crippen LogP contribution is 2.29. The number of unbranched alkanes of at least 4 members (excludes halogenated alkanes) is 1. The van der Waals surface area contributed by atoms with Crippen LogP contribution < -0.4 is 10.0 Å². The summed E-state index contributed by atoms with van der Waals surface area (Å²) in [7, 11) is -1.19. The molecular formula is C13H28N2O2S. The first-order chi connectivity index (χ1) is 8.44. The van der Waals surface area contributed by atoms with Crippen molar-refractivity contribution in [1.29, 1.82) is 0 Å². The van der Waals surface area contributed by atoms with Crippen molar-refractivity contribution in [3.63, 3.8) is 0 Å². The normalized spacial score (nSPS) is 29.4. The van der Waals surface area contributed by atoms with Gasteiger partial charge in [0.2, 0.25) is 10.0 Å². The second-order valence-electron chi connectivity index (χ2n) is 5.71. The summed E-state index contributed by atoms with van der Waals surface area (Å²) in [5.74, 6) is 1.60. The monoisotopic (exact) mass is 276 g/mol. The second-order valence-corrected chi connectivity index (χ2v) is 7.59. The van der Waals surface area contributed by atoms with Gasteiger partial charge in [0.1, 0.15) is 0 Å². The van der Waals surface area contributed by atoms with Crippen LogP contribution in [0, 0.1) is 11.8 Å². The summed E-state index contributed by atoms with van der Waals surface area (Å²) < 4.78 is 26.7. The summed E-state index contributed by atoms with van der Waals surface area (Å²) in [6, 6.07) is 0.158. The lowest BCUT2D eigenvalue weighted by Crippen LogP contribution is -2.40. The van der Waals surface area contributed by atoms with Crippen molar-refractivity contribution in [3.8, 4) is 0 Å². The van der Waals surface area contributed by atoms with E-state index in [1.54, 1.807) is 0 Å². The summed E-state index contributed by atoms with van der Waals surface area (Å²) in [6.45, 7) is 5.36. The molecule has 0 spiro atoms. The van der Waals surface area contributed by atoms with E-state index in [-0.39, 0.29) is 11.8 Å². The zero-order chi connectivity index (χ0) is 13.6. The Morgan fingerprint density at radius 1 is 1.11 bits per heavy atom. The number of rotatable bonds is 7. The molecule has 0 amide bonds. The van der Waals surface area contributed by atoms with Crippen molar-refractivity contribution in [2.45, 2.75) is 52.0 Å². The maximum atomic E-state index is 11.9. The summed E-state index contributed by atoms with van der Waals surface area (Å²) in [4.78, 5) is 0. The Balaban J connectivity index is 2.32. The number of hydrogen-bond donors (Lipinski definition) is 2. The van der Waals surface area contributed by atoms with E-state index in [1.165, 1.54) is 0 Å². The van der Waals surface area contributed by atoms with Gasteiger partial charge >= 0.3 is 0 Å². The van der Waals surface area contributed by atoms with Gasteiger partial charge in [-0.2, -0.15) is 0 Å². The van der Waals surface area contributed by atoms with Crippen LogP contribution in [0.15, 0.2) is 0 Å². The van der Waals surface area contributed by atoms with Gasteiger partial charge < -0.3 is 5.32 Å². The molecule has 0 aromatic rings. The average Bonchev–Trinajstić information content (AvgIpc) is 2.29. The van der Waals surface area contributed by atoms with Crippen LogP contribution in [0.2, 0.25) is 0 Å². The van der Waals surface area contributed by atoms with Gasteiger partial charge in [-0.3, -0.25) is 0 Å². The average molecular weight is 276 g/mol. The molecule has 0 aliphatic heterocycles. The number of sulfonamides is 1. The van der Waals surface area contributed by atoms with E-state index in [0.29, 0.717) is 5.92 Å². The molecule has 4 nitrogen and oxygen atoms in total. The Bertz CT molecular complexity index is 330. The molecule has 1 fully saturated rings. The zero-order valence-corrected chi connectivity index (χ0v) is 12.7. The van der Waals surface area contributed by atoms with Gasteiger partial charge in [-0.05, 0) is 57.5 Å². The largest absolute Gasteiger partial charge is 0.320 e. The van der Waals surface area contributed by atoms with Crippen molar-refractivity contribution < 1.29 is 8.42 Å². The Hall–Kier alpha value is -0.130. The Morgan fingerprint density at radius 3 is 2.44 bits per heavy atom. The van der Waals surface area contributed by atoms with Gasteiger partial charge in [-0.1, -0.05) is 13.8 Å². The highest BCUT2D eigenvalue weighted by atomic mass is 32.2. The lowest BCUT2D eigenvalue weighted by Gasteiger charge is -2.32. The fourth-order valence-electron chi connectivity index (χ4n) is 2.56. The first-order valence-electron chi connectivity index (χ1n) is 7.09. The van der Waals surface area contributed by atoms with Crippen LogP contribution >= 0.6 is 0 Å². The number of nitrogens with one attached hydrogen (secondary N) is 2. The molecule has 0 aromatic heterocycles. The lowest BCUT2D eigenvalue weighted by molar-refractivity contribution is 0.242. The standard InChI is InChI=1S/C13H28N2O2S/c1-11-6-7-13(10-12(11)2)15-18(16,17)9-5-4-8-14-3/h11-15H,4-10H2,1-3H3. The van der Waals surface area contributed by atoms with Gasteiger partial charge in [-0.25, -0.2) is 13.1 Å². The van der Waals surface area contributed by atoms with E-state index in [0.717, 1.165) is 44.6 Å². The molecule has 0 aromatic carbocycles. The van der Waals surface area contributed by atoms with E-state index < -0.39 is 10.0 Å². The molecule has 3 unspecified atom stereocenters. The summed E-state index contributed by atoms with van der Waals surface area (Å²) >= 11 is 0. The Kier molecular flexibility index (Phi) is 6.60. The van der Waals surface area contributed by atoms with Gasteiger partial charge in [0.05, 0.1) is 5.75 Å². The van der Waals surface area contributed by atoms with E-state index in [4.69, 9.17) is 0 Å². The maximum Gasteiger partial charge on any atom is 0.211 e. The van der Waals surface area contributed by atoms with Crippen molar-refractivity contribution in [1.82, 2.24) is 10.0 Å². The predicted octanol–water partition coefficient (Wildman–Crippen LogP) is 1.73. The molecule has 2 N–H and O–H groups in total. The second kappa shape index (κ2) is 7.46. The molecule has 0 heterocycles. The summed E-state index contributed by atoms with van der Waals surface area (Å²) in [5, 5.41) is 3.03. The third-order valence-corrected chi connectivity index (χ3v) is 5.55. The minimum absolute atomic E-state index is 0.158. The minimum Gasteiger partial charge on any atom is -0.320 e. The molecule has 0 radical (unpaired) electrons. The molecule has 108 valence electrons. The predicted molar refractivity (Wildman–Crippen MR) is 76.1 cm³/mol. The minimum atomic E-state index is -3.08. The van der Waals surface area contributed by atoms with Crippen molar-refractivity contribution in [3.05, 3.63) is 0 Å². The summed E-state index contributed by atoms with van der Waals surface area (Å²) in [5.41, 5.74) is 0. The number of hydrogen-bond acceptors (Lipinski definition) is 3. The third kappa shape index (κ3) is 5.67.